The molecule has 0 amide bonds. The highest BCUT2D eigenvalue weighted by Gasteiger charge is 2.21. The van der Waals surface area contributed by atoms with Crippen molar-refractivity contribution in [2.24, 2.45) is 0 Å². The number of fused-ring (bicyclic) bond motifs is 1. The zero-order valence-corrected chi connectivity index (χ0v) is 14.4. The lowest BCUT2D eigenvalue weighted by Crippen LogP contribution is -2.16. The van der Waals surface area contributed by atoms with E-state index in [1.807, 2.05) is 13.0 Å². The van der Waals surface area contributed by atoms with Crippen LogP contribution in [0.3, 0.4) is 0 Å². The lowest BCUT2D eigenvalue weighted by atomic mass is 10.2. The molecule has 1 aromatic carbocycles. The summed E-state index contributed by atoms with van der Waals surface area (Å²) < 4.78 is 11.8. The van der Waals surface area contributed by atoms with Crippen LogP contribution in [0.25, 0.3) is 0 Å². The van der Waals surface area contributed by atoms with Gasteiger partial charge in [-0.05, 0) is 22.9 Å². The number of aryl methyl sites for hydroxylation is 1. The Morgan fingerprint density at radius 3 is 2.77 bits per heavy atom. The fourth-order valence-corrected chi connectivity index (χ4v) is 2.80. The molecule has 0 aliphatic carbocycles. The highest BCUT2D eigenvalue weighted by atomic mass is 79.9. The average molecular weight is 386 g/mol. The first kappa shape index (κ1) is 15.2. The number of rotatable bonds is 3. The summed E-state index contributed by atoms with van der Waals surface area (Å²) in [5.74, 6) is 2.42. The minimum Gasteiger partial charge on any atom is -0.486 e. The Bertz CT molecular complexity index is 726. The first-order valence-electron chi connectivity index (χ1n) is 6.66. The summed E-state index contributed by atoms with van der Waals surface area (Å²) in [6.07, 6.45) is 0. The minimum absolute atomic E-state index is 0.454. The summed E-state index contributed by atoms with van der Waals surface area (Å²) in [7, 11) is 1.80. The van der Waals surface area contributed by atoms with Gasteiger partial charge in [-0.1, -0.05) is 11.6 Å². The first-order valence-corrected chi connectivity index (χ1v) is 7.83. The number of nitrogens with one attached hydrogen (secondary N) is 2. The van der Waals surface area contributed by atoms with Gasteiger partial charge in [0.25, 0.3) is 0 Å². The summed E-state index contributed by atoms with van der Waals surface area (Å²) in [6, 6.07) is 3.64. The topological polar surface area (TPSA) is 68.3 Å². The molecular weight excluding hydrogens is 372 g/mol. The smallest absolute Gasteiger partial charge is 0.229 e. The van der Waals surface area contributed by atoms with Gasteiger partial charge in [-0.3, -0.25) is 0 Å². The summed E-state index contributed by atoms with van der Waals surface area (Å²) >= 11 is 9.82. The molecule has 0 radical (unpaired) electrons. The third-order valence-corrected chi connectivity index (χ3v) is 4.45. The molecule has 2 aromatic rings. The molecule has 22 heavy (non-hydrogen) atoms. The number of hydrogen-bond donors (Lipinski definition) is 2. The quantitative estimate of drug-likeness (QED) is 0.838. The Labute approximate surface area is 141 Å². The summed E-state index contributed by atoms with van der Waals surface area (Å²) in [6.45, 7) is 2.90. The molecule has 0 unspecified atom stereocenters. The van der Waals surface area contributed by atoms with Crippen LogP contribution >= 0.6 is 27.5 Å². The monoisotopic (exact) mass is 384 g/mol. The molecule has 0 atom stereocenters. The summed E-state index contributed by atoms with van der Waals surface area (Å²) in [4.78, 5) is 8.70. The maximum atomic E-state index is 6.38. The molecule has 0 fully saturated rings. The molecule has 0 saturated heterocycles. The van der Waals surface area contributed by atoms with Crippen LogP contribution in [0.15, 0.2) is 16.6 Å². The van der Waals surface area contributed by atoms with E-state index in [-0.39, 0.29) is 0 Å². The minimum atomic E-state index is 0.454. The molecule has 0 spiro atoms. The van der Waals surface area contributed by atoms with Crippen LogP contribution in [-0.2, 0) is 0 Å². The molecule has 0 bridgehead atoms. The van der Waals surface area contributed by atoms with Gasteiger partial charge in [0.05, 0.1) is 15.2 Å². The average Bonchev–Trinajstić information content (AvgIpc) is 2.52. The van der Waals surface area contributed by atoms with Crippen molar-refractivity contribution in [3.63, 3.8) is 0 Å². The van der Waals surface area contributed by atoms with Gasteiger partial charge in [-0.2, -0.15) is 4.98 Å². The highest BCUT2D eigenvalue weighted by Crippen LogP contribution is 2.46. The molecule has 2 N–H and O–H groups in total. The van der Waals surface area contributed by atoms with Crippen LogP contribution in [0.4, 0.5) is 17.5 Å². The SMILES string of the molecule is CNc1cc(C)nc(Nc2cc3c(c(Br)c2Cl)OCCO3)n1. The second kappa shape index (κ2) is 6.18. The number of anilines is 3. The Morgan fingerprint density at radius 2 is 2.00 bits per heavy atom. The third-order valence-electron chi connectivity index (χ3n) is 3.07. The highest BCUT2D eigenvalue weighted by molar-refractivity contribution is 9.10. The molecule has 6 nitrogen and oxygen atoms in total. The Hall–Kier alpha value is -1.73. The van der Waals surface area contributed by atoms with Crippen molar-refractivity contribution < 1.29 is 9.47 Å². The number of nitrogens with zero attached hydrogens (tertiary/aromatic N) is 2. The fourth-order valence-electron chi connectivity index (χ4n) is 2.09. The van der Waals surface area contributed by atoms with Gasteiger partial charge in [0, 0.05) is 24.9 Å². The van der Waals surface area contributed by atoms with E-state index in [9.17, 15) is 0 Å². The fraction of sp³-hybridized carbons (Fsp3) is 0.286. The van der Waals surface area contributed by atoms with Gasteiger partial charge in [-0.25, -0.2) is 4.98 Å². The van der Waals surface area contributed by atoms with E-state index in [1.165, 1.54) is 0 Å². The summed E-state index contributed by atoms with van der Waals surface area (Å²) in [5.41, 5.74) is 1.49. The van der Waals surface area contributed by atoms with Crippen LogP contribution in [0.1, 0.15) is 5.69 Å². The van der Waals surface area contributed by atoms with E-state index in [4.69, 9.17) is 21.1 Å². The molecule has 116 valence electrons. The molecule has 1 aliphatic rings. The molecule has 2 heterocycles. The maximum Gasteiger partial charge on any atom is 0.229 e. The van der Waals surface area contributed by atoms with E-state index in [1.54, 1.807) is 13.1 Å². The molecule has 1 aromatic heterocycles. The van der Waals surface area contributed by atoms with Crippen molar-refractivity contribution in [2.75, 3.05) is 30.9 Å². The van der Waals surface area contributed by atoms with Crippen molar-refractivity contribution in [3.8, 4) is 11.5 Å². The maximum absolute atomic E-state index is 6.38. The van der Waals surface area contributed by atoms with Crippen molar-refractivity contribution >= 4 is 45.0 Å². The largest absolute Gasteiger partial charge is 0.486 e. The first-order chi connectivity index (χ1) is 10.6. The Morgan fingerprint density at radius 1 is 1.23 bits per heavy atom. The predicted octanol–water partition coefficient (Wildman–Crippen LogP) is 3.76. The second-order valence-corrected chi connectivity index (χ2v) is 5.84. The molecular formula is C14H14BrClN4O2. The lowest BCUT2D eigenvalue weighted by molar-refractivity contribution is 0.170. The second-order valence-electron chi connectivity index (χ2n) is 4.67. The van der Waals surface area contributed by atoms with Gasteiger partial charge >= 0.3 is 0 Å². The summed E-state index contributed by atoms with van der Waals surface area (Å²) in [5, 5.41) is 6.60. The van der Waals surface area contributed by atoms with Crippen molar-refractivity contribution in [1.29, 1.82) is 0 Å². The molecule has 0 saturated carbocycles. The molecule has 3 rings (SSSR count). The van der Waals surface area contributed by atoms with Crippen LogP contribution in [0, 0.1) is 6.92 Å². The lowest BCUT2D eigenvalue weighted by Gasteiger charge is -2.21. The third kappa shape index (κ3) is 2.91. The van der Waals surface area contributed by atoms with E-state index in [2.05, 4.69) is 36.5 Å². The Kier molecular flexibility index (Phi) is 4.26. The normalized spacial score (nSPS) is 12.9. The van der Waals surface area contributed by atoms with Crippen LogP contribution in [0.5, 0.6) is 11.5 Å². The zero-order valence-electron chi connectivity index (χ0n) is 12.0. The van der Waals surface area contributed by atoms with Crippen molar-refractivity contribution in [1.82, 2.24) is 9.97 Å². The van der Waals surface area contributed by atoms with E-state index in [0.29, 0.717) is 45.8 Å². The van der Waals surface area contributed by atoms with Crippen molar-refractivity contribution in [3.05, 3.63) is 27.3 Å². The van der Waals surface area contributed by atoms with Gasteiger partial charge in [0.15, 0.2) is 11.5 Å². The van der Waals surface area contributed by atoms with Crippen LogP contribution < -0.4 is 20.1 Å². The number of aromatic nitrogens is 2. The van der Waals surface area contributed by atoms with Crippen LogP contribution in [0.2, 0.25) is 5.02 Å². The number of hydrogen-bond acceptors (Lipinski definition) is 6. The molecule has 8 heteroatoms. The van der Waals surface area contributed by atoms with Gasteiger partial charge < -0.3 is 20.1 Å². The zero-order chi connectivity index (χ0) is 15.7. The van der Waals surface area contributed by atoms with Gasteiger partial charge in [0.1, 0.15) is 19.0 Å². The standard InChI is InChI=1S/C14H14BrClN4O2/c1-7-5-10(17-2)20-14(18-7)19-8-6-9-13(11(15)12(8)16)22-4-3-21-9/h5-6H,3-4H2,1-2H3,(H2,17,18,19,20). The van der Waals surface area contributed by atoms with Gasteiger partial charge in [-0.15, -0.1) is 0 Å². The number of halogens is 2. The number of benzene rings is 1. The van der Waals surface area contributed by atoms with Gasteiger partial charge in [0.2, 0.25) is 5.95 Å². The van der Waals surface area contributed by atoms with Crippen molar-refractivity contribution in [2.45, 2.75) is 6.92 Å². The molecule has 1 aliphatic heterocycles. The predicted molar refractivity (Wildman–Crippen MR) is 89.7 cm³/mol. The van der Waals surface area contributed by atoms with E-state index in [0.717, 1.165) is 11.5 Å². The van der Waals surface area contributed by atoms with Crippen LogP contribution in [-0.4, -0.2) is 30.2 Å². The Balaban J connectivity index is 1.99. The van der Waals surface area contributed by atoms with E-state index >= 15 is 0 Å². The number of ether oxygens (including phenoxy) is 2. The van der Waals surface area contributed by atoms with E-state index < -0.39 is 0 Å².